The first-order chi connectivity index (χ1) is 10.1. The summed E-state index contributed by atoms with van der Waals surface area (Å²) < 4.78 is 11.1. The van der Waals surface area contributed by atoms with Gasteiger partial charge in [-0.15, -0.1) is 5.10 Å². The smallest absolute Gasteiger partial charge is 0.378 e. The number of furan rings is 1. The van der Waals surface area contributed by atoms with E-state index in [0.717, 1.165) is 4.68 Å². The number of nitrogens with zero attached hydrogens (tertiary/aromatic N) is 4. The van der Waals surface area contributed by atoms with Crippen molar-refractivity contribution in [1.29, 1.82) is 0 Å². The molecule has 0 aliphatic rings. The maximum Gasteiger partial charge on any atom is 0.378 e. The highest BCUT2D eigenvalue weighted by Crippen LogP contribution is 2.08. The zero-order chi connectivity index (χ0) is 15.2. The van der Waals surface area contributed by atoms with Gasteiger partial charge in [-0.1, -0.05) is 0 Å². The molecule has 0 spiro atoms. The van der Waals surface area contributed by atoms with E-state index < -0.39 is 12.0 Å². The zero-order valence-corrected chi connectivity index (χ0v) is 11.6. The van der Waals surface area contributed by atoms with Crippen LogP contribution in [-0.2, 0) is 16.1 Å². The van der Waals surface area contributed by atoms with Crippen molar-refractivity contribution in [1.82, 2.24) is 25.5 Å². The standard InChI is InChI=1S/C12H15N5O4/c1-3-20-12(19)10-14-15-16-17(10)8(2)11(18)13-7-9-5-4-6-21-9/h4-6,8H,3,7H2,1-2H3,(H,13,18). The van der Waals surface area contributed by atoms with Crippen molar-refractivity contribution in [3.8, 4) is 0 Å². The number of nitrogens with one attached hydrogen (secondary N) is 1. The van der Waals surface area contributed by atoms with Crippen LogP contribution >= 0.6 is 0 Å². The van der Waals surface area contributed by atoms with E-state index in [2.05, 4.69) is 20.8 Å². The minimum absolute atomic E-state index is 0.113. The van der Waals surface area contributed by atoms with Crippen molar-refractivity contribution < 1.29 is 18.7 Å². The number of esters is 1. The molecule has 0 radical (unpaired) electrons. The monoisotopic (exact) mass is 293 g/mol. The third-order valence-corrected chi connectivity index (χ3v) is 2.71. The SMILES string of the molecule is CCOC(=O)c1nnnn1C(C)C(=O)NCc1ccco1. The minimum Gasteiger partial charge on any atom is -0.467 e. The fraction of sp³-hybridized carbons (Fsp3) is 0.417. The summed E-state index contributed by atoms with van der Waals surface area (Å²) in [7, 11) is 0. The molecule has 2 aromatic rings. The summed E-state index contributed by atoms with van der Waals surface area (Å²) in [5, 5.41) is 13.3. The summed E-state index contributed by atoms with van der Waals surface area (Å²) in [5.74, 6) is -0.507. The van der Waals surface area contributed by atoms with Gasteiger partial charge in [0, 0.05) is 0 Å². The highest BCUT2D eigenvalue weighted by molar-refractivity contribution is 5.86. The van der Waals surface area contributed by atoms with Gasteiger partial charge in [0.2, 0.25) is 5.91 Å². The van der Waals surface area contributed by atoms with Crippen molar-refractivity contribution in [2.45, 2.75) is 26.4 Å². The molecule has 2 aromatic heterocycles. The van der Waals surface area contributed by atoms with Gasteiger partial charge in [-0.3, -0.25) is 4.79 Å². The van der Waals surface area contributed by atoms with Gasteiger partial charge in [0.15, 0.2) is 0 Å². The fourth-order valence-corrected chi connectivity index (χ4v) is 1.63. The van der Waals surface area contributed by atoms with E-state index >= 15 is 0 Å². The van der Waals surface area contributed by atoms with Crippen molar-refractivity contribution in [2.75, 3.05) is 6.61 Å². The van der Waals surface area contributed by atoms with Crippen LogP contribution in [0.2, 0.25) is 0 Å². The van der Waals surface area contributed by atoms with Gasteiger partial charge >= 0.3 is 5.97 Å². The zero-order valence-electron chi connectivity index (χ0n) is 11.6. The first-order valence-electron chi connectivity index (χ1n) is 6.38. The number of rotatable bonds is 6. The van der Waals surface area contributed by atoms with E-state index in [-0.39, 0.29) is 24.9 Å². The Bertz CT molecular complexity index is 607. The summed E-state index contributed by atoms with van der Waals surface area (Å²) >= 11 is 0. The maximum atomic E-state index is 12.0. The van der Waals surface area contributed by atoms with Crippen LogP contribution in [0.4, 0.5) is 0 Å². The first-order valence-corrected chi connectivity index (χ1v) is 6.38. The molecule has 0 bridgehead atoms. The Morgan fingerprint density at radius 1 is 1.52 bits per heavy atom. The number of carbonyl (C=O) groups is 2. The Morgan fingerprint density at radius 3 is 3.00 bits per heavy atom. The molecule has 0 saturated carbocycles. The van der Waals surface area contributed by atoms with Crippen molar-refractivity contribution in [3.63, 3.8) is 0 Å². The lowest BCUT2D eigenvalue weighted by Crippen LogP contribution is -2.32. The number of amides is 1. The predicted octanol–water partition coefficient (Wildman–Crippen LogP) is 0.320. The maximum absolute atomic E-state index is 12.0. The fourth-order valence-electron chi connectivity index (χ4n) is 1.63. The molecule has 9 heteroatoms. The molecule has 0 aliphatic heterocycles. The van der Waals surface area contributed by atoms with Crippen LogP contribution < -0.4 is 5.32 Å². The number of hydrogen-bond acceptors (Lipinski definition) is 7. The third-order valence-electron chi connectivity index (χ3n) is 2.71. The second-order valence-electron chi connectivity index (χ2n) is 4.14. The molecule has 1 N–H and O–H groups in total. The average Bonchev–Trinajstić information content (AvgIpc) is 3.15. The van der Waals surface area contributed by atoms with Crippen LogP contribution in [0.25, 0.3) is 0 Å². The number of hydrogen-bond donors (Lipinski definition) is 1. The van der Waals surface area contributed by atoms with Gasteiger partial charge in [0.25, 0.3) is 5.82 Å². The summed E-state index contributed by atoms with van der Waals surface area (Å²) in [6.45, 7) is 3.69. The Labute approximate surface area is 120 Å². The van der Waals surface area contributed by atoms with E-state index in [9.17, 15) is 9.59 Å². The molecular formula is C12H15N5O4. The molecule has 1 amide bonds. The molecule has 2 rings (SSSR count). The van der Waals surface area contributed by atoms with Crippen molar-refractivity contribution in [2.24, 2.45) is 0 Å². The Balaban J connectivity index is 2.02. The topological polar surface area (TPSA) is 112 Å². The van der Waals surface area contributed by atoms with Crippen LogP contribution in [0.15, 0.2) is 22.8 Å². The van der Waals surface area contributed by atoms with E-state index in [0.29, 0.717) is 5.76 Å². The van der Waals surface area contributed by atoms with Crippen LogP contribution in [0, 0.1) is 0 Å². The summed E-state index contributed by atoms with van der Waals surface area (Å²) in [6.07, 6.45) is 1.52. The van der Waals surface area contributed by atoms with Gasteiger partial charge in [-0.25, -0.2) is 9.48 Å². The van der Waals surface area contributed by atoms with Crippen LogP contribution in [-0.4, -0.2) is 38.7 Å². The molecule has 0 aromatic carbocycles. The Kier molecular flexibility index (Phi) is 4.64. The molecule has 21 heavy (non-hydrogen) atoms. The first kappa shape index (κ1) is 14.7. The number of tetrazole rings is 1. The molecule has 9 nitrogen and oxygen atoms in total. The molecule has 2 heterocycles. The number of carbonyl (C=O) groups excluding carboxylic acids is 2. The lowest BCUT2D eigenvalue weighted by molar-refractivity contribution is -0.124. The quantitative estimate of drug-likeness (QED) is 0.763. The molecule has 0 fully saturated rings. The molecular weight excluding hydrogens is 278 g/mol. The second kappa shape index (κ2) is 6.64. The lowest BCUT2D eigenvalue weighted by atomic mass is 10.3. The predicted molar refractivity (Wildman–Crippen MR) is 69.0 cm³/mol. The minimum atomic E-state index is -0.755. The largest absolute Gasteiger partial charge is 0.467 e. The van der Waals surface area contributed by atoms with E-state index in [1.165, 1.54) is 6.26 Å². The molecule has 0 aliphatic carbocycles. The summed E-state index contributed by atoms with van der Waals surface area (Å²) in [4.78, 5) is 23.7. The van der Waals surface area contributed by atoms with Crippen molar-refractivity contribution in [3.05, 3.63) is 30.0 Å². The molecule has 1 unspecified atom stereocenters. The van der Waals surface area contributed by atoms with Crippen molar-refractivity contribution >= 4 is 11.9 Å². The van der Waals surface area contributed by atoms with Gasteiger partial charge < -0.3 is 14.5 Å². The van der Waals surface area contributed by atoms with E-state index in [1.807, 2.05) is 0 Å². The van der Waals surface area contributed by atoms with Gasteiger partial charge in [-0.2, -0.15) is 0 Å². The Morgan fingerprint density at radius 2 is 2.33 bits per heavy atom. The second-order valence-corrected chi connectivity index (χ2v) is 4.14. The van der Waals surface area contributed by atoms with Crippen LogP contribution in [0.1, 0.15) is 36.3 Å². The van der Waals surface area contributed by atoms with Gasteiger partial charge in [0.05, 0.1) is 19.4 Å². The van der Waals surface area contributed by atoms with Crippen LogP contribution in [0.5, 0.6) is 0 Å². The third kappa shape index (κ3) is 3.44. The molecule has 112 valence electrons. The number of aromatic nitrogens is 4. The van der Waals surface area contributed by atoms with Gasteiger partial charge in [0.1, 0.15) is 11.8 Å². The normalized spacial score (nSPS) is 11.9. The van der Waals surface area contributed by atoms with Gasteiger partial charge in [-0.05, 0) is 36.4 Å². The average molecular weight is 293 g/mol. The highest BCUT2D eigenvalue weighted by atomic mass is 16.5. The molecule has 0 saturated heterocycles. The Hall–Kier alpha value is -2.71. The number of ether oxygens (including phenoxy) is 1. The van der Waals surface area contributed by atoms with E-state index in [1.54, 1.807) is 26.0 Å². The summed E-state index contributed by atoms with van der Waals surface area (Å²) in [5.41, 5.74) is 0. The lowest BCUT2D eigenvalue weighted by Gasteiger charge is -2.12. The van der Waals surface area contributed by atoms with E-state index in [4.69, 9.17) is 9.15 Å². The molecule has 1 atom stereocenters. The summed E-state index contributed by atoms with van der Waals surface area (Å²) in [6, 6.07) is 2.71. The van der Waals surface area contributed by atoms with Crippen LogP contribution in [0.3, 0.4) is 0 Å². The highest BCUT2D eigenvalue weighted by Gasteiger charge is 2.24.